The Morgan fingerprint density at radius 3 is 2.07 bits per heavy atom. The third-order valence-electron chi connectivity index (χ3n) is 3.77. The van der Waals surface area contributed by atoms with Crippen molar-refractivity contribution in [3.8, 4) is 0 Å². The lowest BCUT2D eigenvalue weighted by atomic mass is 9.78. The zero-order valence-corrected chi connectivity index (χ0v) is 10.3. The molecule has 0 aromatic rings. The maximum atomic E-state index is 3.65. The predicted octanol–water partition coefficient (Wildman–Crippen LogP) is 3.59. The standard InChI is InChI=1S/C13H27N/c1-5-12-6-8-13(9-7-12)11(4)14-10(2)3/h10-14H,5-9H2,1-4H3/t11-,12-,13+/m0/s1. The Hall–Kier alpha value is -0.0400. The van der Waals surface area contributed by atoms with Gasteiger partial charge in [-0.25, -0.2) is 0 Å². The van der Waals surface area contributed by atoms with Gasteiger partial charge in [-0.2, -0.15) is 0 Å². The Bertz CT molecular complexity index is 145. The normalized spacial score (nSPS) is 30.6. The minimum atomic E-state index is 0.633. The summed E-state index contributed by atoms with van der Waals surface area (Å²) in [4.78, 5) is 0. The lowest BCUT2D eigenvalue weighted by molar-refractivity contribution is 0.220. The lowest BCUT2D eigenvalue weighted by Crippen LogP contribution is -2.39. The molecular weight excluding hydrogens is 170 g/mol. The minimum Gasteiger partial charge on any atom is -0.312 e. The zero-order valence-electron chi connectivity index (χ0n) is 10.3. The van der Waals surface area contributed by atoms with Crippen LogP contribution in [0, 0.1) is 11.8 Å². The Morgan fingerprint density at radius 2 is 1.64 bits per heavy atom. The molecular formula is C13H27N. The molecule has 1 heteroatoms. The van der Waals surface area contributed by atoms with Gasteiger partial charge in [-0.15, -0.1) is 0 Å². The summed E-state index contributed by atoms with van der Waals surface area (Å²) in [7, 11) is 0. The van der Waals surface area contributed by atoms with Crippen molar-refractivity contribution < 1.29 is 0 Å². The van der Waals surface area contributed by atoms with E-state index in [2.05, 4.69) is 33.0 Å². The van der Waals surface area contributed by atoms with Crippen molar-refractivity contribution in [2.45, 2.75) is 71.9 Å². The second-order valence-electron chi connectivity index (χ2n) is 5.30. The molecule has 0 unspecified atom stereocenters. The molecule has 0 amide bonds. The molecule has 0 aromatic carbocycles. The first-order valence-corrected chi connectivity index (χ1v) is 6.39. The Balaban J connectivity index is 2.26. The van der Waals surface area contributed by atoms with Gasteiger partial charge in [-0.3, -0.25) is 0 Å². The van der Waals surface area contributed by atoms with Crippen molar-refractivity contribution in [2.24, 2.45) is 11.8 Å². The summed E-state index contributed by atoms with van der Waals surface area (Å²) >= 11 is 0. The van der Waals surface area contributed by atoms with Crippen LogP contribution in [0.2, 0.25) is 0 Å². The minimum absolute atomic E-state index is 0.633. The van der Waals surface area contributed by atoms with Gasteiger partial charge in [0, 0.05) is 12.1 Å². The van der Waals surface area contributed by atoms with E-state index >= 15 is 0 Å². The van der Waals surface area contributed by atoms with Gasteiger partial charge >= 0.3 is 0 Å². The molecule has 0 radical (unpaired) electrons. The molecule has 1 fully saturated rings. The first-order chi connectivity index (χ1) is 6.63. The van der Waals surface area contributed by atoms with Crippen LogP contribution in [0.4, 0.5) is 0 Å². The van der Waals surface area contributed by atoms with E-state index in [9.17, 15) is 0 Å². The molecule has 0 bridgehead atoms. The van der Waals surface area contributed by atoms with Gasteiger partial charge in [0.05, 0.1) is 0 Å². The summed E-state index contributed by atoms with van der Waals surface area (Å²) in [6, 6.07) is 1.35. The highest BCUT2D eigenvalue weighted by Gasteiger charge is 2.24. The van der Waals surface area contributed by atoms with Crippen LogP contribution in [0.1, 0.15) is 59.8 Å². The van der Waals surface area contributed by atoms with Crippen molar-refractivity contribution in [1.29, 1.82) is 0 Å². The third kappa shape index (κ3) is 3.61. The molecule has 1 saturated carbocycles. The van der Waals surface area contributed by atoms with E-state index in [4.69, 9.17) is 0 Å². The fourth-order valence-corrected chi connectivity index (χ4v) is 2.76. The van der Waals surface area contributed by atoms with E-state index < -0.39 is 0 Å². The van der Waals surface area contributed by atoms with Crippen molar-refractivity contribution >= 4 is 0 Å². The monoisotopic (exact) mass is 197 g/mol. The van der Waals surface area contributed by atoms with Gasteiger partial charge in [0.25, 0.3) is 0 Å². The molecule has 1 aliphatic rings. The highest BCUT2D eigenvalue weighted by molar-refractivity contribution is 4.79. The third-order valence-corrected chi connectivity index (χ3v) is 3.77. The number of rotatable bonds is 4. The summed E-state index contributed by atoms with van der Waals surface area (Å²) in [6.07, 6.45) is 7.20. The van der Waals surface area contributed by atoms with Crippen LogP contribution in [0.3, 0.4) is 0 Å². The van der Waals surface area contributed by atoms with Crippen molar-refractivity contribution in [1.82, 2.24) is 5.32 Å². The average Bonchev–Trinajstić information content (AvgIpc) is 2.17. The highest BCUT2D eigenvalue weighted by atomic mass is 14.9. The molecule has 0 aromatic heterocycles. The lowest BCUT2D eigenvalue weighted by Gasteiger charge is -2.33. The van der Waals surface area contributed by atoms with Crippen LogP contribution in [-0.4, -0.2) is 12.1 Å². The number of nitrogens with one attached hydrogen (secondary N) is 1. The molecule has 84 valence electrons. The van der Waals surface area contributed by atoms with Crippen LogP contribution < -0.4 is 5.32 Å². The molecule has 14 heavy (non-hydrogen) atoms. The van der Waals surface area contributed by atoms with E-state index in [0.717, 1.165) is 11.8 Å². The molecule has 1 aliphatic carbocycles. The fraction of sp³-hybridized carbons (Fsp3) is 1.00. The molecule has 1 N–H and O–H groups in total. The van der Waals surface area contributed by atoms with Crippen LogP contribution in [0.5, 0.6) is 0 Å². The van der Waals surface area contributed by atoms with Crippen molar-refractivity contribution in [3.63, 3.8) is 0 Å². The molecule has 1 atom stereocenters. The Morgan fingerprint density at radius 1 is 1.07 bits per heavy atom. The van der Waals surface area contributed by atoms with Crippen LogP contribution >= 0.6 is 0 Å². The molecule has 1 rings (SSSR count). The number of hydrogen-bond acceptors (Lipinski definition) is 1. The molecule has 1 nitrogen and oxygen atoms in total. The topological polar surface area (TPSA) is 12.0 Å². The second kappa shape index (κ2) is 5.75. The average molecular weight is 197 g/mol. The van der Waals surface area contributed by atoms with Gasteiger partial charge in [0.1, 0.15) is 0 Å². The smallest absolute Gasteiger partial charge is 0.00693 e. The highest BCUT2D eigenvalue weighted by Crippen LogP contribution is 2.32. The largest absolute Gasteiger partial charge is 0.312 e. The van der Waals surface area contributed by atoms with E-state index in [1.807, 2.05) is 0 Å². The van der Waals surface area contributed by atoms with Crippen LogP contribution in [-0.2, 0) is 0 Å². The maximum Gasteiger partial charge on any atom is 0.00693 e. The summed E-state index contributed by atoms with van der Waals surface area (Å²) in [5.74, 6) is 1.96. The summed E-state index contributed by atoms with van der Waals surface area (Å²) in [5, 5.41) is 3.65. The molecule has 0 aliphatic heterocycles. The van der Waals surface area contributed by atoms with Crippen molar-refractivity contribution in [2.75, 3.05) is 0 Å². The van der Waals surface area contributed by atoms with Crippen molar-refractivity contribution in [3.05, 3.63) is 0 Å². The molecule has 0 spiro atoms. The zero-order chi connectivity index (χ0) is 10.6. The summed E-state index contributed by atoms with van der Waals surface area (Å²) < 4.78 is 0. The first-order valence-electron chi connectivity index (χ1n) is 6.39. The van der Waals surface area contributed by atoms with Crippen LogP contribution in [0.25, 0.3) is 0 Å². The molecule has 0 saturated heterocycles. The van der Waals surface area contributed by atoms with E-state index in [-0.39, 0.29) is 0 Å². The predicted molar refractivity (Wildman–Crippen MR) is 63.5 cm³/mol. The van der Waals surface area contributed by atoms with E-state index in [0.29, 0.717) is 12.1 Å². The van der Waals surface area contributed by atoms with Gasteiger partial charge in [0.2, 0.25) is 0 Å². The second-order valence-corrected chi connectivity index (χ2v) is 5.30. The van der Waals surface area contributed by atoms with E-state index in [1.165, 1.54) is 32.1 Å². The maximum absolute atomic E-state index is 3.65. The van der Waals surface area contributed by atoms with Gasteiger partial charge in [0.15, 0.2) is 0 Å². The van der Waals surface area contributed by atoms with Gasteiger partial charge in [-0.05, 0) is 31.6 Å². The fourth-order valence-electron chi connectivity index (χ4n) is 2.76. The van der Waals surface area contributed by atoms with Gasteiger partial charge in [-0.1, -0.05) is 40.0 Å². The molecule has 0 heterocycles. The van der Waals surface area contributed by atoms with Crippen LogP contribution in [0.15, 0.2) is 0 Å². The Labute approximate surface area is 89.7 Å². The summed E-state index contributed by atoms with van der Waals surface area (Å²) in [6.45, 7) is 9.18. The Kier molecular flexibility index (Phi) is 4.94. The van der Waals surface area contributed by atoms with E-state index in [1.54, 1.807) is 0 Å². The quantitative estimate of drug-likeness (QED) is 0.726. The number of hydrogen-bond donors (Lipinski definition) is 1. The summed E-state index contributed by atoms with van der Waals surface area (Å²) in [5.41, 5.74) is 0. The first kappa shape index (κ1) is 12.0. The SMILES string of the molecule is CC[C@H]1CC[C@@H]([C@H](C)NC(C)C)CC1. The van der Waals surface area contributed by atoms with Gasteiger partial charge < -0.3 is 5.32 Å².